The number of carbonyl (C=O) groups excluding carboxylic acids is 1. The monoisotopic (exact) mass is 294 g/mol. The van der Waals surface area contributed by atoms with Gasteiger partial charge in [0, 0.05) is 12.3 Å². The summed E-state index contributed by atoms with van der Waals surface area (Å²) in [6, 6.07) is 0. The number of thioether (sulfide) groups is 1. The van der Waals surface area contributed by atoms with Crippen LogP contribution in [0.25, 0.3) is 0 Å². The molecule has 110 valence electrons. The van der Waals surface area contributed by atoms with Gasteiger partial charge >= 0.3 is 0 Å². The van der Waals surface area contributed by atoms with Crippen LogP contribution in [0.15, 0.2) is 5.16 Å². The van der Waals surface area contributed by atoms with Gasteiger partial charge in [-0.3, -0.25) is 4.79 Å². The molecule has 1 aromatic rings. The summed E-state index contributed by atoms with van der Waals surface area (Å²) in [4.78, 5) is 11.9. The maximum Gasteiger partial charge on any atom is 0.210 e. The largest absolute Gasteiger partial charge is 0.336 e. The number of nitrogen functional groups attached to an aromatic ring is 1. The van der Waals surface area contributed by atoms with Crippen LogP contribution in [0.3, 0.4) is 0 Å². The van der Waals surface area contributed by atoms with Crippen molar-refractivity contribution in [1.29, 1.82) is 0 Å². The minimum atomic E-state index is 0.0226. The summed E-state index contributed by atoms with van der Waals surface area (Å²) < 4.78 is 1.63. The van der Waals surface area contributed by atoms with Crippen LogP contribution in [0.2, 0.25) is 0 Å². The van der Waals surface area contributed by atoms with E-state index in [1.165, 1.54) is 31.0 Å². The Kier molecular flexibility index (Phi) is 4.29. The molecular weight excluding hydrogens is 272 g/mol. The van der Waals surface area contributed by atoms with Gasteiger partial charge in [-0.15, -0.1) is 10.2 Å². The first-order valence-corrected chi connectivity index (χ1v) is 8.53. The Bertz CT molecular complexity index is 482. The Morgan fingerprint density at radius 2 is 1.80 bits per heavy atom. The second-order valence-electron chi connectivity index (χ2n) is 5.86. The number of aromatic nitrogens is 3. The highest BCUT2D eigenvalue weighted by Gasteiger charge is 2.27. The fraction of sp³-hybridized carbons (Fsp3) is 0.786. The van der Waals surface area contributed by atoms with Crippen molar-refractivity contribution in [3.05, 3.63) is 5.82 Å². The summed E-state index contributed by atoms with van der Waals surface area (Å²) in [5.41, 5.74) is 0. The molecule has 2 N–H and O–H groups in total. The molecule has 1 aromatic heterocycles. The lowest BCUT2D eigenvalue weighted by molar-refractivity contribution is -0.119. The SMILES string of the molecule is Nn1c(S[C@H]2CCCCC2=O)nnc1C1CCCCC1. The van der Waals surface area contributed by atoms with E-state index in [0.29, 0.717) is 23.3 Å². The van der Waals surface area contributed by atoms with Crippen LogP contribution in [0.4, 0.5) is 0 Å². The van der Waals surface area contributed by atoms with Gasteiger partial charge in [-0.2, -0.15) is 0 Å². The summed E-state index contributed by atoms with van der Waals surface area (Å²) in [5.74, 6) is 7.83. The first-order valence-electron chi connectivity index (χ1n) is 7.65. The van der Waals surface area contributed by atoms with Gasteiger partial charge < -0.3 is 5.84 Å². The van der Waals surface area contributed by atoms with E-state index >= 15 is 0 Å². The van der Waals surface area contributed by atoms with Crippen molar-refractivity contribution in [2.24, 2.45) is 0 Å². The molecule has 0 amide bonds. The standard InChI is InChI=1S/C14H22N4OS/c15-18-13(10-6-2-1-3-7-10)16-17-14(18)20-12-9-5-4-8-11(12)19/h10,12H,1-9,15H2/t12-/m0/s1. The van der Waals surface area contributed by atoms with Gasteiger partial charge in [0.15, 0.2) is 5.82 Å². The molecule has 1 heterocycles. The summed E-state index contributed by atoms with van der Waals surface area (Å²) in [5, 5.41) is 9.23. The van der Waals surface area contributed by atoms with Gasteiger partial charge in [0.2, 0.25) is 5.16 Å². The Morgan fingerprint density at radius 1 is 1.05 bits per heavy atom. The van der Waals surface area contributed by atoms with E-state index < -0.39 is 0 Å². The van der Waals surface area contributed by atoms with Crippen molar-refractivity contribution >= 4 is 17.5 Å². The van der Waals surface area contributed by atoms with Gasteiger partial charge in [-0.05, 0) is 25.7 Å². The third-order valence-electron chi connectivity index (χ3n) is 4.41. The summed E-state index contributed by atoms with van der Waals surface area (Å²) in [6.45, 7) is 0. The third kappa shape index (κ3) is 2.85. The van der Waals surface area contributed by atoms with Crippen LogP contribution in [-0.4, -0.2) is 25.9 Å². The van der Waals surface area contributed by atoms with E-state index in [1.807, 2.05) is 0 Å². The molecular formula is C14H22N4OS. The van der Waals surface area contributed by atoms with Crippen LogP contribution in [-0.2, 0) is 4.79 Å². The molecule has 0 radical (unpaired) electrons. The van der Waals surface area contributed by atoms with E-state index in [9.17, 15) is 4.79 Å². The van der Waals surface area contributed by atoms with Crippen LogP contribution in [0, 0.1) is 0 Å². The van der Waals surface area contributed by atoms with Crippen molar-refractivity contribution in [3.8, 4) is 0 Å². The van der Waals surface area contributed by atoms with Crippen molar-refractivity contribution < 1.29 is 4.79 Å². The molecule has 2 saturated carbocycles. The first-order chi connectivity index (χ1) is 9.75. The van der Waals surface area contributed by atoms with E-state index in [4.69, 9.17) is 5.84 Å². The smallest absolute Gasteiger partial charge is 0.210 e. The molecule has 20 heavy (non-hydrogen) atoms. The van der Waals surface area contributed by atoms with E-state index in [2.05, 4.69) is 10.2 Å². The van der Waals surface area contributed by atoms with E-state index in [-0.39, 0.29) is 5.25 Å². The topological polar surface area (TPSA) is 73.8 Å². The second kappa shape index (κ2) is 6.16. The lowest BCUT2D eigenvalue weighted by Crippen LogP contribution is -2.23. The van der Waals surface area contributed by atoms with Crippen LogP contribution in [0.1, 0.15) is 69.5 Å². The first kappa shape index (κ1) is 13.9. The Morgan fingerprint density at radius 3 is 2.55 bits per heavy atom. The average Bonchev–Trinajstić information content (AvgIpc) is 2.84. The number of nitrogens with two attached hydrogens (primary N) is 1. The number of rotatable bonds is 3. The summed E-state index contributed by atoms with van der Waals surface area (Å²) in [6.07, 6.45) is 9.91. The number of Topliss-reactive ketones (excluding diaryl/α,β-unsaturated/α-hetero) is 1. The lowest BCUT2D eigenvalue weighted by Gasteiger charge is -2.21. The quantitative estimate of drug-likeness (QED) is 0.867. The highest BCUT2D eigenvalue weighted by atomic mass is 32.2. The minimum Gasteiger partial charge on any atom is -0.336 e. The number of hydrogen-bond donors (Lipinski definition) is 1. The Labute approximate surface area is 123 Å². The van der Waals surface area contributed by atoms with Crippen LogP contribution in [0.5, 0.6) is 0 Å². The number of ketones is 1. The molecule has 0 aromatic carbocycles. The molecule has 0 unspecified atom stereocenters. The Hall–Kier alpha value is -1.04. The molecule has 0 bridgehead atoms. The van der Waals surface area contributed by atoms with E-state index in [0.717, 1.165) is 37.9 Å². The van der Waals surface area contributed by atoms with Crippen molar-refractivity contribution in [2.45, 2.75) is 74.1 Å². The molecule has 0 saturated heterocycles. The van der Waals surface area contributed by atoms with Crippen LogP contribution < -0.4 is 5.84 Å². The number of hydrogen-bond acceptors (Lipinski definition) is 5. The molecule has 2 fully saturated rings. The predicted molar refractivity (Wildman–Crippen MR) is 79.1 cm³/mol. The molecule has 0 aliphatic heterocycles. The Balaban J connectivity index is 1.71. The molecule has 0 spiro atoms. The number of carbonyl (C=O) groups is 1. The zero-order chi connectivity index (χ0) is 13.9. The fourth-order valence-electron chi connectivity index (χ4n) is 3.21. The van der Waals surface area contributed by atoms with Gasteiger partial charge in [0.05, 0.1) is 5.25 Å². The number of nitrogens with zero attached hydrogens (tertiary/aromatic N) is 3. The van der Waals surface area contributed by atoms with Gasteiger partial charge in [0.25, 0.3) is 0 Å². The third-order valence-corrected chi connectivity index (χ3v) is 5.68. The highest BCUT2D eigenvalue weighted by Crippen LogP contribution is 2.34. The van der Waals surface area contributed by atoms with Crippen LogP contribution >= 0.6 is 11.8 Å². The molecule has 2 aliphatic carbocycles. The van der Waals surface area contributed by atoms with Crippen molar-refractivity contribution in [3.63, 3.8) is 0 Å². The maximum absolute atomic E-state index is 11.9. The molecule has 6 heteroatoms. The van der Waals surface area contributed by atoms with Gasteiger partial charge in [-0.25, -0.2) is 4.68 Å². The average molecular weight is 294 g/mol. The summed E-state index contributed by atoms with van der Waals surface area (Å²) in [7, 11) is 0. The normalized spacial score (nSPS) is 25.0. The molecule has 1 atom stereocenters. The molecule has 3 rings (SSSR count). The minimum absolute atomic E-state index is 0.0226. The summed E-state index contributed by atoms with van der Waals surface area (Å²) >= 11 is 1.50. The van der Waals surface area contributed by atoms with Gasteiger partial charge in [-0.1, -0.05) is 37.4 Å². The van der Waals surface area contributed by atoms with E-state index in [1.54, 1.807) is 4.68 Å². The zero-order valence-corrected chi connectivity index (χ0v) is 12.6. The fourth-order valence-corrected chi connectivity index (χ4v) is 4.29. The molecule has 5 nitrogen and oxygen atoms in total. The predicted octanol–water partition coefficient (Wildman–Crippen LogP) is 2.64. The second-order valence-corrected chi connectivity index (χ2v) is 7.03. The zero-order valence-electron chi connectivity index (χ0n) is 11.8. The van der Waals surface area contributed by atoms with Gasteiger partial charge in [0.1, 0.15) is 5.78 Å². The van der Waals surface area contributed by atoms with Crippen molar-refractivity contribution in [2.75, 3.05) is 5.84 Å². The molecule has 2 aliphatic rings. The lowest BCUT2D eigenvalue weighted by atomic mass is 9.89. The highest BCUT2D eigenvalue weighted by molar-refractivity contribution is 8.00. The van der Waals surface area contributed by atoms with Crippen molar-refractivity contribution in [1.82, 2.24) is 14.9 Å². The maximum atomic E-state index is 11.9.